The summed E-state index contributed by atoms with van der Waals surface area (Å²) in [5.41, 5.74) is 0.788. The number of ether oxygens (including phenoxy) is 1. The van der Waals surface area contributed by atoms with Crippen LogP contribution in [0.25, 0.3) is 0 Å². The molecule has 3 N–H and O–H groups in total. The fourth-order valence-corrected chi connectivity index (χ4v) is 1.67. The van der Waals surface area contributed by atoms with Crippen LogP contribution in [0, 0.1) is 0 Å². The van der Waals surface area contributed by atoms with Gasteiger partial charge in [0.2, 0.25) is 11.8 Å². The Morgan fingerprint density at radius 1 is 1.22 bits per heavy atom. The van der Waals surface area contributed by atoms with E-state index >= 15 is 0 Å². The molecule has 0 aliphatic rings. The van der Waals surface area contributed by atoms with Crippen LogP contribution in [-0.2, 0) is 25.7 Å². The van der Waals surface area contributed by atoms with E-state index in [2.05, 4.69) is 16.0 Å². The van der Waals surface area contributed by atoms with Crippen molar-refractivity contribution in [2.24, 2.45) is 0 Å². The van der Waals surface area contributed by atoms with E-state index in [0.717, 1.165) is 5.56 Å². The summed E-state index contributed by atoms with van der Waals surface area (Å²) >= 11 is 0. The van der Waals surface area contributed by atoms with Gasteiger partial charge in [-0.05, 0) is 5.56 Å². The van der Waals surface area contributed by atoms with Gasteiger partial charge in [-0.1, -0.05) is 30.3 Å². The number of hydrogen-bond donors (Lipinski definition) is 3. The molecule has 1 rings (SSSR count). The van der Waals surface area contributed by atoms with Gasteiger partial charge in [-0.3, -0.25) is 9.59 Å². The lowest BCUT2D eigenvalue weighted by Crippen LogP contribution is -2.49. The molecule has 0 bridgehead atoms. The standard InChI is InChI=1S/C15H19N3O5/c1-16-13(20)9-12(14(21)17-7-8-19)18-15(22)23-10-11-5-3-2-4-6-11/h2-6,8,12H,7,9-10H2,1H3,(H,16,20)(H,17,21)(H,18,22). The Bertz CT molecular complexity index is 547. The van der Waals surface area contributed by atoms with Crippen LogP contribution in [0.1, 0.15) is 12.0 Å². The lowest BCUT2D eigenvalue weighted by Gasteiger charge is -2.17. The largest absolute Gasteiger partial charge is 0.445 e. The van der Waals surface area contributed by atoms with Crippen LogP contribution in [0.5, 0.6) is 0 Å². The molecule has 1 atom stereocenters. The fourth-order valence-electron chi connectivity index (χ4n) is 1.67. The van der Waals surface area contributed by atoms with Crippen molar-refractivity contribution >= 4 is 24.2 Å². The molecule has 124 valence electrons. The first-order valence-electron chi connectivity index (χ1n) is 6.96. The van der Waals surface area contributed by atoms with Crippen LogP contribution >= 0.6 is 0 Å². The van der Waals surface area contributed by atoms with Crippen molar-refractivity contribution in [3.05, 3.63) is 35.9 Å². The maximum Gasteiger partial charge on any atom is 0.408 e. The molecule has 0 spiro atoms. The van der Waals surface area contributed by atoms with Gasteiger partial charge in [0.1, 0.15) is 18.9 Å². The lowest BCUT2D eigenvalue weighted by molar-refractivity contribution is -0.128. The van der Waals surface area contributed by atoms with Gasteiger partial charge in [0.15, 0.2) is 0 Å². The number of rotatable bonds is 8. The second kappa shape index (κ2) is 9.93. The average molecular weight is 321 g/mol. The molecule has 0 saturated heterocycles. The molecule has 0 aliphatic heterocycles. The predicted octanol–water partition coefficient (Wildman–Crippen LogP) is -0.267. The molecule has 8 heteroatoms. The van der Waals surface area contributed by atoms with Crippen LogP contribution in [0.2, 0.25) is 0 Å². The zero-order chi connectivity index (χ0) is 17.1. The minimum absolute atomic E-state index is 0.0370. The molecule has 0 fully saturated rings. The van der Waals surface area contributed by atoms with Gasteiger partial charge in [-0.15, -0.1) is 0 Å². The second-order valence-electron chi connectivity index (χ2n) is 4.55. The highest BCUT2D eigenvalue weighted by atomic mass is 16.5. The van der Waals surface area contributed by atoms with E-state index in [9.17, 15) is 19.2 Å². The highest BCUT2D eigenvalue weighted by molar-refractivity contribution is 5.91. The molecule has 23 heavy (non-hydrogen) atoms. The Hall–Kier alpha value is -2.90. The summed E-state index contributed by atoms with van der Waals surface area (Å²) in [5, 5.41) is 6.95. The van der Waals surface area contributed by atoms with Crippen LogP contribution in [0.3, 0.4) is 0 Å². The molecular formula is C15H19N3O5. The van der Waals surface area contributed by atoms with Crippen LogP contribution in [0.15, 0.2) is 30.3 Å². The van der Waals surface area contributed by atoms with Crippen molar-refractivity contribution in [3.63, 3.8) is 0 Å². The second-order valence-corrected chi connectivity index (χ2v) is 4.55. The first kappa shape index (κ1) is 18.1. The molecule has 1 unspecified atom stereocenters. The number of alkyl carbamates (subject to hydrolysis) is 1. The normalized spacial score (nSPS) is 11.0. The minimum atomic E-state index is -1.13. The van der Waals surface area contributed by atoms with E-state index in [0.29, 0.717) is 6.29 Å². The Balaban J connectivity index is 2.56. The summed E-state index contributed by atoms with van der Waals surface area (Å²) in [6.07, 6.45) is -0.589. The summed E-state index contributed by atoms with van der Waals surface area (Å²) in [6.45, 7) is -0.168. The van der Waals surface area contributed by atoms with E-state index in [1.807, 2.05) is 6.07 Å². The van der Waals surface area contributed by atoms with Crippen molar-refractivity contribution in [3.8, 4) is 0 Å². The van der Waals surface area contributed by atoms with Crippen LogP contribution in [-0.4, -0.2) is 43.8 Å². The van der Waals surface area contributed by atoms with Gasteiger partial charge in [-0.2, -0.15) is 0 Å². The molecule has 1 aromatic carbocycles. The minimum Gasteiger partial charge on any atom is -0.445 e. The first-order valence-corrected chi connectivity index (χ1v) is 6.96. The smallest absolute Gasteiger partial charge is 0.408 e. The third-order valence-corrected chi connectivity index (χ3v) is 2.85. The van der Waals surface area contributed by atoms with Gasteiger partial charge in [0.05, 0.1) is 13.0 Å². The molecule has 0 aliphatic carbocycles. The van der Waals surface area contributed by atoms with Crippen molar-refractivity contribution in [1.29, 1.82) is 0 Å². The van der Waals surface area contributed by atoms with Gasteiger partial charge >= 0.3 is 6.09 Å². The average Bonchev–Trinajstić information content (AvgIpc) is 2.58. The van der Waals surface area contributed by atoms with Gasteiger partial charge in [0, 0.05) is 7.05 Å². The van der Waals surface area contributed by atoms with Crippen molar-refractivity contribution in [2.45, 2.75) is 19.1 Å². The highest BCUT2D eigenvalue weighted by Crippen LogP contribution is 2.01. The molecular weight excluding hydrogens is 302 g/mol. The Morgan fingerprint density at radius 3 is 2.52 bits per heavy atom. The SMILES string of the molecule is CNC(=O)CC(NC(=O)OCc1ccccc1)C(=O)NCC=O. The lowest BCUT2D eigenvalue weighted by atomic mass is 10.2. The zero-order valence-electron chi connectivity index (χ0n) is 12.7. The zero-order valence-corrected chi connectivity index (χ0v) is 12.7. The third kappa shape index (κ3) is 7.07. The predicted molar refractivity (Wildman–Crippen MR) is 81.3 cm³/mol. The van der Waals surface area contributed by atoms with E-state index in [-0.39, 0.29) is 19.6 Å². The number of hydrogen-bond acceptors (Lipinski definition) is 5. The topological polar surface area (TPSA) is 114 Å². The van der Waals surface area contributed by atoms with Gasteiger partial charge in [0.25, 0.3) is 0 Å². The third-order valence-electron chi connectivity index (χ3n) is 2.85. The fraction of sp³-hybridized carbons (Fsp3) is 0.333. The quantitative estimate of drug-likeness (QED) is 0.571. The molecule has 0 saturated carbocycles. The maximum atomic E-state index is 11.8. The Labute approximate surface area is 133 Å². The molecule has 0 heterocycles. The summed E-state index contributed by atoms with van der Waals surface area (Å²) in [5.74, 6) is -1.07. The van der Waals surface area contributed by atoms with Crippen molar-refractivity contribution < 1.29 is 23.9 Å². The maximum absolute atomic E-state index is 11.8. The Morgan fingerprint density at radius 2 is 1.91 bits per heavy atom. The number of carbonyl (C=O) groups is 4. The van der Waals surface area contributed by atoms with E-state index in [1.54, 1.807) is 24.3 Å². The van der Waals surface area contributed by atoms with E-state index < -0.39 is 23.9 Å². The van der Waals surface area contributed by atoms with Crippen molar-refractivity contribution in [2.75, 3.05) is 13.6 Å². The van der Waals surface area contributed by atoms with Gasteiger partial charge < -0.3 is 25.5 Å². The van der Waals surface area contributed by atoms with Crippen LogP contribution < -0.4 is 16.0 Å². The number of nitrogens with one attached hydrogen (secondary N) is 3. The number of benzene rings is 1. The molecule has 0 aromatic heterocycles. The molecule has 3 amide bonds. The van der Waals surface area contributed by atoms with Crippen molar-refractivity contribution in [1.82, 2.24) is 16.0 Å². The van der Waals surface area contributed by atoms with E-state index in [1.165, 1.54) is 7.05 Å². The molecule has 0 radical (unpaired) electrons. The summed E-state index contributed by atoms with van der Waals surface area (Å²) in [7, 11) is 1.41. The first-order chi connectivity index (χ1) is 11.1. The number of amides is 3. The summed E-state index contributed by atoms with van der Waals surface area (Å²) in [6, 6.07) is 7.88. The van der Waals surface area contributed by atoms with E-state index in [4.69, 9.17) is 4.74 Å². The number of carbonyl (C=O) groups excluding carboxylic acids is 4. The highest BCUT2D eigenvalue weighted by Gasteiger charge is 2.23. The summed E-state index contributed by atoms with van der Waals surface area (Å²) in [4.78, 5) is 45.3. The van der Waals surface area contributed by atoms with Gasteiger partial charge in [-0.25, -0.2) is 4.79 Å². The molecule has 1 aromatic rings. The van der Waals surface area contributed by atoms with Crippen LogP contribution in [0.4, 0.5) is 4.79 Å². The Kier molecular flexibility index (Phi) is 7.84. The summed E-state index contributed by atoms with van der Waals surface area (Å²) < 4.78 is 5.00. The number of aldehydes is 1. The monoisotopic (exact) mass is 321 g/mol. The molecule has 8 nitrogen and oxygen atoms in total.